The number of nitrogens with zero attached hydrogens (tertiary/aromatic N) is 2. The van der Waals surface area contributed by atoms with Crippen LogP contribution >= 0.6 is 0 Å². The van der Waals surface area contributed by atoms with Gasteiger partial charge in [0.1, 0.15) is 0 Å². The number of nitrogens with one attached hydrogen (secondary N) is 1. The molecule has 2 aliphatic rings. The van der Waals surface area contributed by atoms with E-state index >= 15 is 0 Å². The Morgan fingerprint density at radius 1 is 1.33 bits per heavy atom. The van der Waals surface area contributed by atoms with Crippen molar-refractivity contribution in [2.75, 3.05) is 13.1 Å². The summed E-state index contributed by atoms with van der Waals surface area (Å²) < 4.78 is 0. The van der Waals surface area contributed by atoms with Gasteiger partial charge in [0, 0.05) is 24.2 Å². The third-order valence-electron chi connectivity index (χ3n) is 5.75. The summed E-state index contributed by atoms with van der Waals surface area (Å²) in [6, 6.07) is 6.52. The number of aromatic nitrogens is 1. The lowest BCUT2D eigenvalue weighted by molar-refractivity contribution is -0.125. The number of likely N-dealkylation sites (tertiary alicyclic amines) is 1. The molecule has 0 aromatic carbocycles. The van der Waals surface area contributed by atoms with Gasteiger partial charge in [-0.15, -0.1) is 0 Å². The van der Waals surface area contributed by atoms with Crippen molar-refractivity contribution in [1.29, 1.82) is 0 Å². The minimum Gasteiger partial charge on any atom is -0.354 e. The highest BCUT2D eigenvalue weighted by Crippen LogP contribution is 2.49. The first-order chi connectivity index (χ1) is 11.5. The highest BCUT2D eigenvalue weighted by molar-refractivity contribution is 5.79. The number of carbonyl (C=O) groups excluding carboxylic acids is 1. The maximum absolute atomic E-state index is 12.3. The molecule has 1 saturated heterocycles. The number of carbonyl (C=O) groups is 1. The van der Waals surface area contributed by atoms with Gasteiger partial charge in [-0.3, -0.25) is 14.7 Å². The van der Waals surface area contributed by atoms with Gasteiger partial charge in [0.05, 0.1) is 5.69 Å². The Morgan fingerprint density at radius 2 is 2.08 bits per heavy atom. The molecular weight excluding hydrogens is 298 g/mol. The Hall–Kier alpha value is -1.42. The molecule has 132 valence electrons. The van der Waals surface area contributed by atoms with E-state index < -0.39 is 0 Å². The zero-order valence-electron chi connectivity index (χ0n) is 15.3. The van der Waals surface area contributed by atoms with Crippen LogP contribution in [0.1, 0.15) is 57.3 Å². The second kappa shape index (κ2) is 7.22. The van der Waals surface area contributed by atoms with Gasteiger partial charge in [-0.25, -0.2) is 0 Å². The van der Waals surface area contributed by atoms with Crippen LogP contribution in [0.25, 0.3) is 0 Å². The van der Waals surface area contributed by atoms with Crippen LogP contribution in [-0.4, -0.2) is 34.9 Å². The van der Waals surface area contributed by atoms with Crippen LogP contribution in [0, 0.1) is 18.3 Å². The number of rotatable bonds is 4. The summed E-state index contributed by atoms with van der Waals surface area (Å²) in [7, 11) is 0. The molecule has 1 spiro atoms. The molecule has 1 aliphatic carbocycles. The zero-order chi connectivity index (χ0) is 17.2. The Kier molecular flexibility index (Phi) is 5.24. The summed E-state index contributed by atoms with van der Waals surface area (Å²) in [6.45, 7) is 9.35. The molecule has 1 N–H and O–H groups in total. The molecule has 1 unspecified atom stereocenters. The largest absolute Gasteiger partial charge is 0.354 e. The van der Waals surface area contributed by atoms with Crippen molar-refractivity contribution in [3.63, 3.8) is 0 Å². The SMILES string of the molecule is Cc1cccc(CN2CCC3(CCC(C(=O)NC(C)C)C3)CC2)n1. The molecule has 1 amide bonds. The summed E-state index contributed by atoms with van der Waals surface area (Å²) in [5, 5.41) is 3.10. The van der Waals surface area contributed by atoms with Gasteiger partial charge in [-0.1, -0.05) is 6.07 Å². The van der Waals surface area contributed by atoms with Gasteiger partial charge in [0.25, 0.3) is 0 Å². The number of aryl methyl sites for hydroxylation is 1. The highest BCUT2D eigenvalue weighted by Gasteiger charge is 2.43. The normalized spacial score (nSPS) is 23.8. The fourth-order valence-electron chi connectivity index (χ4n) is 4.39. The molecule has 0 bridgehead atoms. The standard InChI is InChI=1S/C20H31N3O/c1-15(2)21-19(24)17-7-8-20(13-17)9-11-23(12-10-20)14-18-6-4-5-16(3)22-18/h4-6,15,17H,7-14H2,1-3H3,(H,21,24). The predicted octanol–water partition coefficient (Wildman–Crippen LogP) is 3.30. The molecular formula is C20H31N3O. The fraction of sp³-hybridized carbons (Fsp3) is 0.700. The second-order valence-corrected chi connectivity index (χ2v) is 8.15. The van der Waals surface area contributed by atoms with Gasteiger partial charge in [0.15, 0.2) is 0 Å². The molecule has 1 aliphatic heterocycles. The van der Waals surface area contributed by atoms with Crippen molar-refractivity contribution in [3.05, 3.63) is 29.6 Å². The van der Waals surface area contributed by atoms with Gasteiger partial charge in [0.2, 0.25) is 5.91 Å². The summed E-state index contributed by atoms with van der Waals surface area (Å²) in [5.41, 5.74) is 2.68. The first-order valence-electron chi connectivity index (χ1n) is 9.41. The minimum absolute atomic E-state index is 0.234. The average Bonchev–Trinajstić information content (AvgIpc) is 2.94. The Morgan fingerprint density at radius 3 is 2.75 bits per heavy atom. The van der Waals surface area contributed by atoms with E-state index in [0.717, 1.165) is 38.2 Å². The smallest absolute Gasteiger partial charge is 0.223 e. The Bertz CT molecular complexity index is 576. The van der Waals surface area contributed by atoms with Crippen LogP contribution in [0.3, 0.4) is 0 Å². The van der Waals surface area contributed by atoms with E-state index in [9.17, 15) is 4.79 Å². The van der Waals surface area contributed by atoms with Crippen molar-refractivity contribution in [3.8, 4) is 0 Å². The highest BCUT2D eigenvalue weighted by atomic mass is 16.1. The topological polar surface area (TPSA) is 45.2 Å². The second-order valence-electron chi connectivity index (χ2n) is 8.15. The zero-order valence-corrected chi connectivity index (χ0v) is 15.3. The van der Waals surface area contributed by atoms with Crippen LogP contribution in [0.15, 0.2) is 18.2 Å². The molecule has 1 atom stereocenters. The van der Waals surface area contributed by atoms with Crippen LogP contribution < -0.4 is 5.32 Å². The van der Waals surface area contributed by atoms with E-state index in [2.05, 4.69) is 40.3 Å². The summed E-state index contributed by atoms with van der Waals surface area (Å²) in [6.07, 6.45) is 5.83. The van der Waals surface area contributed by atoms with Gasteiger partial charge in [-0.2, -0.15) is 0 Å². The van der Waals surface area contributed by atoms with Gasteiger partial charge < -0.3 is 5.32 Å². The minimum atomic E-state index is 0.234. The Labute approximate surface area is 146 Å². The first kappa shape index (κ1) is 17.4. The summed E-state index contributed by atoms with van der Waals surface area (Å²) in [4.78, 5) is 19.4. The maximum Gasteiger partial charge on any atom is 0.223 e. The number of hydrogen-bond acceptors (Lipinski definition) is 3. The lowest BCUT2D eigenvalue weighted by Crippen LogP contribution is -2.40. The molecule has 1 saturated carbocycles. The number of amides is 1. The van der Waals surface area contributed by atoms with Crippen molar-refractivity contribution in [2.45, 2.75) is 65.5 Å². The molecule has 1 aromatic heterocycles. The van der Waals surface area contributed by atoms with Gasteiger partial charge >= 0.3 is 0 Å². The number of pyridine rings is 1. The van der Waals surface area contributed by atoms with Crippen molar-refractivity contribution < 1.29 is 4.79 Å². The summed E-state index contributed by atoms with van der Waals surface area (Å²) >= 11 is 0. The monoisotopic (exact) mass is 329 g/mol. The third kappa shape index (κ3) is 4.15. The van der Waals surface area contributed by atoms with Crippen molar-refractivity contribution in [1.82, 2.24) is 15.2 Å². The quantitative estimate of drug-likeness (QED) is 0.922. The maximum atomic E-state index is 12.3. The van der Waals surface area contributed by atoms with Crippen LogP contribution in [0.2, 0.25) is 0 Å². The van der Waals surface area contributed by atoms with Crippen molar-refractivity contribution in [2.24, 2.45) is 11.3 Å². The van der Waals surface area contributed by atoms with E-state index in [-0.39, 0.29) is 17.9 Å². The van der Waals surface area contributed by atoms with Crippen LogP contribution in [0.5, 0.6) is 0 Å². The van der Waals surface area contributed by atoms with E-state index in [0.29, 0.717) is 5.41 Å². The molecule has 4 heteroatoms. The molecule has 2 fully saturated rings. The molecule has 2 heterocycles. The van der Waals surface area contributed by atoms with Crippen molar-refractivity contribution >= 4 is 5.91 Å². The van der Waals surface area contributed by atoms with E-state index in [1.165, 1.54) is 25.0 Å². The molecule has 3 rings (SSSR count). The van der Waals surface area contributed by atoms with E-state index in [4.69, 9.17) is 0 Å². The van der Waals surface area contributed by atoms with Gasteiger partial charge in [-0.05, 0) is 83.5 Å². The van der Waals surface area contributed by atoms with E-state index in [1.807, 2.05) is 13.8 Å². The average molecular weight is 329 g/mol. The van der Waals surface area contributed by atoms with E-state index in [1.54, 1.807) is 0 Å². The molecule has 24 heavy (non-hydrogen) atoms. The predicted molar refractivity (Wildman–Crippen MR) is 96.5 cm³/mol. The number of hydrogen-bond donors (Lipinski definition) is 1. The Balaban J connectivity index is 1.51. The van der Waals surface area contributed by atoms with Crippen LogP contribution in [0.4, 0.5) is 0 Å². The number of piperidine rings is 1. The molecule has 4 nitrogen and oxygen atoms in total. The first-order valence-corrected chi connectivity index (χ1v) is 9.41. The third-order valence-corrected chi connectivity index (χ3v) is 5.75. The lowest BCUT2D eigenvalue weighted by atomic mass is 9.76. The lowest BCUT2D eigenvalue weighted by Gasteiger charge is -2.39. The fourth-order valence-corrected chi connectivity index (χ4v) is 4.39. The molecule has 1 aromatic rings. The molecule has 0 radical (unpaired) electrons. The summed E-state index contributed by atoms with van der Waals surface area (Å²) in [5.74, 6) is 0.505. The van der Waals surface area contributed by atoms with Crippen LogP contribution in [-0.2, 0) is 11.3 Å².